The largest absolute Gasteiger partial charge is 0.494 e. The van der Waals surface area contributed by atoms with E-state index in [1.165, 1.54) is 88.2 Å². The summed E-state index contributed by atoms with van der Waals surface area (Å²) in [6.45, 7) is 5.22. The molecule has 31 heavy (non-hydrogen) atoms. The smallest absolute Gasteiger partial charge is 0.119 e. The van der Waals surface area contributed by atoms with E-state index in [4.69, 9.17) is 4.74 Å². The van der Waals surface area contributed by atoms with E-state index in [0.29, 0.717) is 0 Å². The highest BCUT2D eigenvalue weighted by molar-refractivity contribution is 5.64. The second-order valence-electron chi connectivity index (χ2n) is 9.62. The van der Waals surface area contributed by atoms with Gasteiger partial charge in [-0.25, -0.2) is 0 Å². The highest BCUT2D eigenvalue weighted by atomic mass is 16.5. The number of unbranched alkanes of at least 4 members (excludes halogenated alkanes) is 6. The molecule has 2 aromatic carbocycles. The number of ether oxygens (including phenoxy) is 1. The molecule has 170 valence electrons. The minimum Gasteiger partial charge on any atom is -0.494 e. The fraction of sp³-hybridized carbons (Fsp3) is 0.600. The molecule has 0 bridgehead atoms. The molecular formula is C30H44O. The first-order valence-electron chi connectivity index (χ1n) is 13.1. The van der Waals surface area contributed by atoms with Crippen LogP contribution in [0, 0.1) is 5.92 Å². The molecule has 1 saturated carbocycles. The molecule has 0 N–H and O–H groups in total. The maximum absolute atomic E-state index is 5.70. The average Bonchev–Trinajstić information content (AvgIpc) is 2.83. The summed E-state index contributed by atoms with van der Waals surface area (Å²) >= 11 is 0. The minimum absolute atomic E-state index is 0.768. The van der Waals surface area contributed by atoms with Gasteiger partial charge in [0.1, 0.15) is 5.75 Å². The molecule has 1 nitrogen and oxygen atoms in total. The lowest BCUT2D eigenvalue weighted by atomic mass is 9.77. The number of rotatable bonds is 13. The zero-order valence-electron chi connectivity index (χ0n) is 20.1. The molecule has 0 unspecified atom stereocenters. The Balaban J connectivity index is 1.39. The Labute approximate surface area is 191 Å². The van der Waals surface area contributed by atoms with Crippen LogP contribution in [0.15, 0.2) is 48.5 Å². The van der Waals surface area contributed by atoms with Gasteiger partial charge in [0.25, 0.3) is 0 Å². The van der Waals surface area contributed by atoms with Crippen molar-refractivity contribution >= 4 is 0 Å². The molecule has 1 heteroatoms. The van der Waals surface area contributed by atoms with Crippen LogP contribution in [-0.2, 0) is 0 Å². The third kappa shape index (κ3) is 8.02. The maximum Gasteiger partial charge on any atom is 0.119 e. The van der Waals surface area contributed by atoms with Crippen molar-refractivity contribution < 1.29 is 4.74 Å². The van der Waals surface area contributed by atoms with Crippen LogP contribution in [0.4, 0.5) is 0 Å². The Bertz CT molecular complexity index is 707. The zero-order valence-corrected chi connectivity index (χ0v) is 20.1. The van der Waals surface area contributed by atoms with Crippen molar-refractivity contribution in [3.05, 3.63) is 54.1 Å². The van der Waals surface area contributed by atoms with Crippen LogP contribution in [-0.4, -0.2) is 6.61 Å². The van der Waals surface area contributed by atoms with Crippen molar-refractivity contribution in [3.63, 3.8) is 0 Å². The summed E-state index contributed by atoms with van der Waals surface area (Å²) in [6, 6.07) is 17.9. The summed E-state index contributed by atoms with van der Waals surface area (Å²) in [5, 5.41) is 0. The molecule has 0 saturated heterocycles. The quantitative estimate of drug-likeness (QED) is 0.293. The van der Waals surface area contributed by atoms with Gasteiger partial charge >= 0.3 is 0 Å². The average molecular weight is 421 g/mol. The van der Waals surface area contributed by atoms with Crippen LogP contribution in [0.2, 0.25) is 0 Å². The Morgan fingerprint density at radius 1 is 0.645 bits per heavy atom. The summed E-state index contributed by atoms with van der Waals surface area (Å²) in [5.41, 5.74) is 4.12. The van der Waals surface area contributed by atoms with E-state index in [1.54, 1.807) is 5.56 Å². The zero-order chi connectivity index (χ0) is 21.7. The van der Waals surface area contributed by atoms with Gasteiger partial charge in [-0.05, 0) is 72.8 Å². The first-order valence-corrected chi connectivity index (χ1v) is 13.1. The van der Waals surface area contributed by atoms with E-state index in [9.17, 15) is 0 Å². The molecule has 0 aliphatic heterocycles. The SMILES string of the molecule is CCCCCCCCCC1CCC(c2ccc(-c3ccc(OCCC)cc3)cc2)CC1. The lowest BCUT2D eigenvalue weighted by Gasteiger charge is -2.29. The number of benzene rings is 2. The molecule has 0 heterocycles. The van der Waals surface area contributed by atoms with E-state index in [-0.39, 0.29) is 0 Å². The Morgan fingerprint density at radius 3 is 1.84 bits per heavy atom. The van der Waals surface area contributed by atoms with Crippen LogP contribution in [0.1, 0.15) is 109 Å². The number of hydrogen-bond donors (Lipinski definition) is 0. The molecule has 1 aliphatic rings. The van der Waals surface area contributed by atoms with Gasteiger partial charge in [0.2, 0.25) is 0 Å². The van der Waals surface area contributed by atoms with E-state index >= 15 is 0 Å². The predicted octanol–water partition coefficient (Wildman–Crippen LogP) is 9.56. The topological polar surface area (TPSA) is 9.23 Å². The summed E-state index contributed by atoms with van der Waals surface area (Å²) in [4.78, 5) is 0. The Morgan fingerprint density at radius 2 is 1.23 bits per heavy atom. The van der Waals surface area contributed by atoms with Crippen LogP contribution < -0.4 is 4.74 Å². The highest BCUT2D eigenvalue weighted by Crippen LogP contribution is 2.38. The molecule has 0 spiro atoms. The molecule has 1 fully saturated rings. The third-order valence-electron chi connectivity index (χ3n) is 7.11. The van der Waals surface area contributed by atoms with Crippen LogP contribution in [0.3, 0.4) is 0 Å². The molecule has 0 amide bonds. The van der Waals surface area contributed by atoms with Crippen molar-refractivity contribution in [2.45, 2.75) is 103 Å². The molecule has 3 rings (SSSR count). The standard InChI is InChI=1S/C30H44O/c1-3-5-6-7-8-9-10-11-25-12-14-26(15-13-25)27-16-18-28(19-17-27)29-20-22-30(23-21-29)31-24-4-2/h16-23,25-26H,3-15,24H2,1-2H3. The van der Waals surface area contributed by atoms with Crippen molar-refractivity contribution in [2.24, 2.45) is 5.92 Å². The van der Waals surface area contributed by atoms with Gasteiger partial charge in [-0.15, -0.1) is 0 Å². The van der Waals surface area contributed by atoms with Crippen LogP contribution in [0.5, 0.6) is 5.75 Å². The van der Waals surface area contributed by atoms with Crippen molar-refractivity contribution in [2.75, 3.05) is 6.61 Å². The molecule has 2 aromatic rings. The summed E-state index contributed by atoms with van der Waals surface area (Å²) in [7, 11) is 0. The third-order valence-corrected chi connectivity index (χ3v) is 7.11. The summed E-state index contributed by atoms with van der Waals surface area (Å²) < 4.78 is 5.70. The van der Waals surface area contributed by atoms with Crippen molar-refractivity contribution in [3.8, 4) is 16.9 Å². The summed E-state index contributed by atoms with van der Waals surface area (Å²) in [5.74, 6) is 2.72. The van der Waals surface area contributed by atoms with E-state index in [2.05, 4.69) is 62.4 Å². The van der Waals surface area contributed by atoms with E-state index in [1.807, 2.05) is 0 Å². The fourth-order valence-electron chi connectivity index (χ4n) is 5.09. The first-order chi connectivity index (χ1) is 15.3. The highest BCUT2D eigenvalue weighted by Gasteiger charge is 2.22. The molecular weight excluding hydrogens is 376 g/mol. The van der Waals surface area contributed by atoms with Gasteiger partial charge in [-0.3, -0.25) is 0 Å². The predicted molar refractivity (Wildman–Crippen MR) is 135 cm³/mol. The monoisotopic (exact) mass is 420 g/mol. The lowest BCUT2D eigenvalue weighted by molar-refractivity contribution is 0.302. The molecule has 0 atom stereocenters. The normalized spacial score (nSPS) is 18.8. The fourth-order valence-corrected chi connectivity index (χ4v) is 5.09. The maximum atomic E-state index is 5.70. The minimum atomic E-state index is 0.768. The molecule has 1 aliphatic carbocycles. The van der Waals surface area contributed by atoms with Gasteiger partial charge in [0.05, 0.1) is 6.61 Å². The second kappa shape index (κ2) is 13.6. The molecule has 0 radical (unpaired) electrons. The van der Waals surface area contributed by atoms with Gasteiger partial charge in [0.15, 0.2) is 0 Å². The van der Waals surface area contributed by atoms with Crippen molar-refractivity contribution in [1.29, 1.82) is 0 Å². The summed E-state index contributed by atoms with van der Waals surface area (Å²) in [6.07, 6.45) is 18.2. The van der Waals surface area contributed by atoms with Gasteiger partial charge in [0, 0.05) is 0 Å². The van der Waals surface area contributed by atoms with Gasteiger partial charge in [-0.1, -0.05) is 102 Å². The van der Waals surface area contributed by atoms with Gasteiger partial charge < -0.3 is 4.74 Å². The lowest BCUT2D eigenvalue weighted by Crippen LogP contribution is -2.13. The van der Waals surface area contributed by atoms with Crippen LogP contribution in [0.25, 0.3) is 11.1 Å². The van der Waals surface area contributed by atoms with Crippen molar-refractivity contribution in [1.82, 2.24) is 0 Å². The second-order valence-corrected chi connectivity index (χ2v) is 9.62. The van der Waals surface area contributed by atoms with E-state index < -0.39 is 0 Å². The first kappa shape index (κ1) is 23.9. The van der Waals surface area contributed by atoms with E-state index in [0.717, 1.165) is 30.6 Å². The van der Waals surface area contributed by atoms with Gasteiger partial charge in [-0.2, -0.15) is 0 Å². The Hall–Kier alpha value is -1.76. The van der Waals surface area contributed by atoms with Crippen LogP contribution >= 0.6 is 0 Å². The Kier molecular flexibility index (Phi) is 10.5. The molecule has 0 aromatic heterocycles. The number of hydrogen-bond acceptors (Lipinski definition) is 1.